The summed E-state index contributed by atoms with van der Waals surface area (Å²) in [6.45, 7) is 11.9. The van der Waals surface area contributed by atoms with Crippen molar-refractivity contribution < 1.29 is 52.4 Å². The summed E-state index contributed by atoms with van der Waals surface area (Å²) in [7, 11) is 0. The highest BCUT2D eigenvalue weighted by molar-refractivity contribution is 5.89. The molecule has 2 fully saturated rings. The second-order valence-corrected chi connectivity index (χ2v) is 11.3. The van der Waals surface area contributed by atoms with Crippen LogP contribution in [-0.2, 0) is 52.4 Å². The highest BCUT2D eigenvalue weighted by Gasteiger charge is 2.87. The van der Waals surface area contributed by atoms with E-state index in [2.05, 4.69) is 0 Å². The molecule has 4 aliphatic rings. The minimum atomic E-state index is -1.41. The van der Waals surface area contributed by atoms with E-state index in [0.717, 1.165) is 5.57 Å². The first-order valence-electron chi connectivity index (χ1n) is 13.0. The van der Waals surface area contributed by atoms with Crippen LogP contribution in [-0.4, -0.2) is 71.6 Å². The maximum atomic E-state index is 13.0. The lowest BCUT2D eigenvalue weighted by molar-refractivity contribution is -0.214. The summed E-state index contributed by atoms with van der Waals surface area (Å²) in [6.07, 6.45) is -1.15. The van der Waals surface area contributed by atoms with Crippen molar-refractivity contribution in [3.63, 3.8) is 0 Å². The average molecular weight is 549 g/mol. The number of hydrogen-bond donors (Lipinski definition) is 0. The summed E-state index contributed by atoms with van der Waals surface area (Å²) >= 11 is 0. The standard InChI is InChI=1S/C28H36O11/c1-13-11-19(34-15(3)29)23(36-17(5)31)26(7)20(35-16(4)30)10-9-14(2)22(26)24(37-18(6)32)28-21(12-13)38-25(33)27(28,8)39-28/h9,12,19-24H,10-11H2,1-8H3/t19-,20-,21-,22+,23-,24-,26-,27-,28-/m0/s1. The molecule has 11 nitrogen and oxygen atoms in total. The third-order valence-electron chi connectivity index (χ3n) is 8.48. The van der Waals surface area contributed by atoms with E-state index >= 15 is 0 Å². The Morgan fingerprint density at radius 3 is 1.97 bits per heavy atom. The Labute approximate surface area is 227 Å². The molecule has 9 atom stereocenters. The molecule has 39 heavy (non-hydrogen) atoms. The SMILES string of the molecule is CC(=O)O[C@H]1CC(C)=C[C@@H]2OC(=O)[C@]3(C)O[C@]23[C@@H](OC(C)=O)[C@H]2C(C)=CC[C@H](OC(C)=O)[C@]2(C)[C@H]1OC(C)=O. The van der Waals surface area contributed by atoms with Gasteiger partial charge in [0.1, 0.15) is 24.4 Å². The second kappa shape index (κ2) is 9.76. The molecule has 0 bridgehead atoms. The zero-order valence-electron chi connectivity index (χ0n) is 23.5. The summed E-state index contributed by atoms with van der Waals surface area (Å²) in [4.78, 5) is 62.8. The normalized spacial score (nSPS) is 40.8. The summed E-state index contributed by atoms with van der Waals surface area (Å²) in [5.74, 6) is -3.86. The van der Waals surface area contributed by atoms with Gasteiger partial charge in [-0.2, -0.15) is 0 Å². The Morgan fingerprint density at radius 1 is 0.872 bits per heavy atom. The molecule has 0 aromatic heterocycles. The third kappa shape index (κ3) is 4.54. The van der Waals surface area contributed by atoms with Crippen LogP contribution in [0.1, 0.15) is 68.2 Å². The molecule has 214 valence electrons. The van der Waals surface area contributed by atoms with Crippen LogP contribution in [0.3, 0.4) is 0 Å². The number of carbonyl (C=O) groups excluding carboxylic acids is 5. The van der Waals surface area contributed by atoms with Gasteiger partial charge < -0.3 is 28.4 Å². The van der Waals surface area contributed by atoms with Gasteiger partial charge in [0, 0.05) is 46.5 Å². The van der Waals surface area contributed by atoms with Gasteiger partial charge >= 0.3 is 29.8 Å². The molecule has 1 spiro atoms. The Morgan fingerprint density at radius 2 is 1.44 bits per heavy atom. The van der Waals surface area contributed by atoms with E-state index in [9.17, 15) is 24.0 Å². The van der Waals surface area contributed by atoms with Crippen LogP contribution in [0.2, 0.25) is 0 Å². The Bertz CT molecular complexity index is 1170. The van der Waals surface area contributed by atoms with Gasteiger partial charge in [-0.1, -0.05) is 24.1 Å². The van der Waals surface area contributed by atoms with Gasteiger partial charge in [0.05, 0.1) is 5.41 Å². The van der Waals surface area contributed by atoms with Gasteiger partial charge in [0.25, 0.3) is 0 Å². The number of ether oxygens (including phenoxy) is 6. The minimum Gasteiger partial charge on any atom is -0.461 e. The average Bonchev–Trinajstić information content (AvgIpc) is 3.38. The van der Waals surface area contributed by atoms with E-state index in [-0.39, 0.29) is 12.8 Å². The van der Waals surface area contributed by atoms with Crippen molar-refractivity contribution in [1.29, 1.82) is 0 Å². The van der Waals surface area contributed by atoms with Crippen molar-refractivity contribution in [3.8, 4) is 0 Å². The lowest BCUT2D eigenvalue weighted by Crippen LogP contribution is -2.64. The number of carbonyl (C=O) groups is 5. The highest BCUT2D eigenvalue weighted by atomic mass is 16.7. The zero-order valence-corrected chi connectivity index (χ0v) is 23.5. The smallest absolute Gasteiger partial charge is 0.342 e. The second-order valence-electron chi connectivity index (χ2n) is 11.3. The van der Waals surface area contributed by atoms with Crippen molar-refractivity contribution in [2.24, 2.45) is 11.3 Å². The lowest BCUT2D eigenvalue weighted by Gasteiger charge is -2.54. The molecule has 11 heteroatoms. The van der Waals surface area contributed by atoms with Crippen LogP contribution >= 0.6 is 0 Å². The van der Waals surface area contributed by atoms with Crippen LogP contribution in [0.4, 0.5) is 0 Å². The van der Waals surface area contributed by atoms with Gasteiger partial charge in [-0.05, 0) is 26.8 Å². The molecule has 0 aromatic rings. The van der Waals surface area contributed by atoms with E-state index in [1.54, 1.807) is 26.8 Å². The first-order chi connectivity index (χ1) is 18.1. The van der Waals surface area contributed by atoms with Crippen molar-refractivity contribution in [2.45, 2.75) is 110 Å². The third-order valence-corrected chi connectivity index (χ3v) is 8.48. The molecule has 0 unspecified atom stereocenters. The molecule has 2 aliphatic heterocycles. The molecule has 0 radical (unpaired) electrons. The van der Waals surface area contributed by atoms with E-state index < -0.39 is 82.9 Å². The van der Waals surface area contributed by atoms with Crippen LogP contribution in [0.25, 0.3) is 0 Å². The van der Waals surface area contributed by atoms with Gasteiger partial charge in [0.2, 0.25) is 0 Å². The molecule has 2 aliphatic carbocycles. The van der Waals surface area contributed by atoms with Crippen molar-refractivity contribution in [3.05, 3.63) is 23.3 Å². The molecule has 0 saturated carbocycles. The summed E-state index contributed by atoms with van der Waals surface area (Å²) in [6, 6.07) is 0. The number of fused-ring (bicyclic) bond motifs is 1. The first-order valence-corrected chi connectivity index (χ1v) is 13.0. The molecule has 2 heterocycles. The van der Waals surface area contributed by atoms with Crippen LogP contribution < -0.4 is 0 Å². The number of rotatable bonds is 4. The maximum absolute atomic E-state index is 13.0. The number of epoxide rings is 1. The van der Waals surface area contributed by atoms with Crippen LogP contribution in [0, 0.1) is 11.3 Å². The molecule has 2 saturated heterocycles. The van der Waals surface area contributed by atoms with E-state index in [1.165, 1.54) is 27.7 Å². The van der Waals surface area contributed by atoms with Gasteiger partial charge in [-0.25, -0.2) is 4.79 Å². The van der Waals surface area contributed by atoms with Crippen molar-refractivity contribution >= 4 is 29.8 Å². The van der Waals surface area contributed by atoms with Gasteiger partial charge in [-0.3, -0.25) is 19.2 Å². The van der Waals surface area contributed by atoms with Gasteiger partial charge in [-0.15, -0.1) is 0 Å². The van der Waals surface area contributed by atoms with Crippen molar-refractivity contribution in [2.75, 3.05) is 0 Å². The molecule has 4 rings (SSSR count). The fourth-order valence-electron chi connectivity index (χ4n) is 6.90. The fourth-order valence-corrected chi connectivity index (χ4v) is 6.90. The predicted octanol–water partition coefficient (Wildman–Crippen LogP) is 2.49. The number of hydrogen-bond acceptors (Lipinski definition) is 11. The largest absolute Gasteiger partial charge is 0.461 e. The summed E-state index contributed by atoms with van der Waals surface area (Å²) in [5.41, 5.74) is -2.73. The molecular weight excluding hydrogens is 512 g/mol. The van der Waals surface area contributed by atoms with Gasteiger partial charge in [0.15, 0.2) is 17.3 Å². The van der Waals surface area contributed by atoms with E-state index in [4.69, 9.17) is 28.4 Å². The molecule has 0 amide bonds. The predicted molar refractivity (Wildman–Crippen MR) is 133 cm³/mol. The highest BCUT2D eigenvalue weighted by Crippen LogP contribution is 2.65. The Hall–Kier alpha value is -3.21. The fraction of sp³-hybridized carbons (Fsp3) is 0.679. The zero-order chi connectivity index (χ0) is 29.1. The Balaban J connectivity index is 2.05. The molecular formula is C28H36O11. The molecule has 0 aromatic carbocycles. The quantitative estimate of drug-likeness (QED) is 0.221. The summed E-state index contributed by atoms with van der Waals surface area (Å²) < 4.78 is 35.4. The number of esters is 5. The Kier molecular flexibility index (Phi) is 7.21. The monoisotopic (exact) mass is 548 g/mol. The van der Waals surface area contributed by atoms with E-state index in [1.807, 2.05) is 13.0 Å². The minimum absolute atomic E-state index is 0.120. The van der Waals surface area contributed by atoms with Crippen LogP contribution in [0.5, 0.6) is 0 Å². The topological polar surface area (TPSA) is 144 Å². The van der Waals surface area contributed by atoms with E-state index in [0.29, 0.717) is 5.57 Å². The maximum Gasteiger partial charge on any atom is 0.342 e. The first kappa shape index (κ1) is 28.8. The van der Waals surface area contributed by atoms with Crippen molar-refractivity contribution in [1.82, 2.24) is 0 Å². The van der Waals surface area contributed by atoms with Crippen LogP contribution in [0.15, 0.2) is 23.3 Å². The lowest BCUT2D eigenvalue weighted by atomic mass is 9.56. The molecule has 0 N–H and O–H groups in total. The summed E-state index contributed by atoms with van der Waals surface area (Å²) in [5, 5.41) is 0.